The van der Waals surface area contributed by atoms with Crippen LogP contribution in [-0.4, -0.2) is 35.0 Å². The molecule has 1 rings (SSSR count). The van der Waals surface area contributed by atoms with Crippen LogP contribution in [0.3, 0.4) is 0 Å². The van der Waals surface area contributed by atoms with E-state index in [1.807, 2.05) is 0 Å². The smallest absolute Gasteiger partial charge is 0.362 e. The lowest BCUT2D eigenvalue weighted by atomic mass is 10.4. The second-order valence-corrected chi connectivity index (χ2v) is 3.81. The van der Waals surface area contributed by atoms with Crippen molar-refractivity contribution in [3.05, 3.63) is 12.4 Å². The van der Waals surface area contributed by atoms with E-state index >= 15 is 0 Å². The van der Waals surface area contributed by atoms with Gasteiger partial charge in [0.2, 0.25) is 0 Å². The van der Waals surface area contributed by atoms with Gasteiger partial charge in [-0.2, -0.15) is 0 Å². The van der Waals surface area contributed by atoms with Gasteiger partial charge in [0, 0.05) is 26.0 Å². The van der Waals surface area contributed by atoms with Crippen LogP contribution < -0.4 is 0 Å². The summed E-state index contributed by atoms with van der Waals surface area (Å²) in [4.78, 5) is 11.2. The largest absolute Gasteiger partial charge is 0.549 e. The lowest BCUT2D eigenvalue weighted by molar-refractivity contribution is 0.297. The van der Waals surface area contributed by atoms with E-state index in [4.69, 9.17) is 9.46 Å². The van der Waals surface area contributed by atoms with E-state index in [1.54, 1.807) is 0 Å². The van der Waals surface area contributed by atoms with Crippen LogP contribution in [0, 0.1) is 0 Å². The molecule has 14 heavy (non-hydrogen) atoms. The Morgan fingerprint density at radius 1 is 1.50 bits per heavy atom. The molecule has 0 bridgehead atoms. The minimum absolute atomic E-state index is 1.06. The van der Waals surface area contributed by atoms with E-state index in [9.17, 15) is 8.39 Å². The van der Waals surface area contributed by atoms with Crippen molar-refractivity contribution >= 4 is 7.99 Å². The number of nitrogens with zero attached hydrogens (tertiary/aromatic N) is 2. The quantitative estimate of drug-likeness (QED) is 0.735. The highest BCUT2D eigenvalue weighted by atomic mass is 31.2. The number of hydrogen-bond donors (Lipinski definition) is 1. The van der Waals surface area contributed by atoms with Gasteiger partial charge in [0.15, 0.2) is 0 Å². The fraction of sp³-hybridized carbons (Fsp3) is 0.714. The monoisotopic (exact) mass is 228 g/mol. The fourth-order valence-electron chi connectivity index (χ4n) is 1.02. The Labute approximate surface area is 82.5 Å². The van der Waals surface area contributed by atoms with Crippen LogP contribution in [0.2, 0.25) is 0 Å². The molecule has 0 saturated carbocycles. The molecule has 1 aliphatic rings. The average Bonchev–Trinajstić information content (AvgIpc) is 2.32. The Balaban J connectivity index is 0.000000292. The summed E-state index contributed by atoms with van der Waals surface area (Å²) in [5, 5.41) is 0. The summed E-state index contributed by atoms with van der Waals surface area (Å²) in [5.74, 6) is 0. The van der Waals surface area contributed by atoms with E-state index < -0.39 is 7.99 Å². The molecule has 7 heteroatoms. The summed E-state index contributed by atoms with van der Waals surface area (Å²) in [6.07, 6.45) is 5.48. The maximum Gasteiger partial charge on any atom is 0.549 e. The Kier molecular flexibility index (Phi) is 5.72. The van der Waals surface area contributed by atoms with Crippen molar-refractivity contribution in [1.82, 2.24) is 9.80 Å². The summed E-state index contributed by atoms with van der Waals surface area (Å²) >= 11 is 0. The lowest BCUT2D eigenvalue weighted by Gasteiger charge is -2.16. The minimum atomic E-state index is -5.64. The third-order valence-electron chi connectivity index (χ3n) is 1.45. The zero-order chi connectivity index (χ0) is 11.2. The molecule has 0 unspecified atom stereocenters. The molecule has 0 radical (unpaired) electrons. The summed E-state index contributed by atoms with van der Waals surface area (Å²) in [6.45, 7) is 4.45. The SMILES string of the molecule is CCCN1C=CN(C)C1.O=P(O)(F)F. The van der Waals surface area contributed by atoms with Crippen molar-refractivity contribution in [3.8, 4) is 0 Å². The molecule has 0 saturated heterocycles. The van der Waals surface area contributed by atoms with Gasteiger partial charge in [0.1, 0.15) is 0 Å². The van der Waals surface area contributed by atoms with Crippen LogP contribution in [0.1, 0.15) is 13.3 Å². The number of hydrogen-bond acceptors (Lipinski definition) is 3. The van der Waals surface area contributed by atoms with Gasteiger partial charge in [-0.3, -0.25) is 4.89 Å². The van der Waals surface area contributed by atoms with E-state index in [2.05, 4.69) is 36.2 Å². The summed E-state index contributed by atoms with van der Waals surface area (Å²) in [5.41, 5.74) is 0. The van der Waals surface area contributed by atoms with Crippen LogP contribution in [0.25, 0.3) is 0 Å². The van der Waals surface area contributed by atoms with Crippen LogP contribution in [0.15, 0.2) is 12.4 Å². The molecular weight excluding hydrogens is 213 g/mol. The lowest BCUT2D eigenvalue weighted by Crippen LogP contribution is -2.22. The average molecular weight is 228 g/mol. The molecule has 0 fully saturated rings. The third kappa shape index (κ3) is 9.48. The molecular formula is C7H15F2N2O2P. The van der Waals surface area contributed by atoms with Crippen LogP contribution in [-0.2, 0) is 4.57 Å². The van der Waals surface area contributed by atoms with Crippen molar-refractivity contribution in [2.45, 2.75) is 13.3 Å². The number of halogens is 2. The topological polar surface area (TPSA) is 43.8 Å². The second-order valence-electron chi connectivity index (χ2n) is 2.94. The molecule has 4 nitrogen and oxygen atoms in total. The van der Waals surface area contributed by atoms with E-state index in [0.29, 0.717) is 0 Å². The van der Waals surface area contributed by atoms with Gasteiger partial charge in [-0.1, -0.05) is 6.92 Å². The highest BCUT2D eigenvalue weighted by Gasteiger charge is 2.09. The van der Waals surface area contributed by atoms with Gasteiger partial charge in [0.05, 0.1) is 6.67 Å². The first-order valence-electron chi connectivity index (χ1n) is 4.17. The molecule has 0 aliphatic carbocycles. The van der Waals surface area contributed by atoms with Crippen molar-refractivity contribution < 1.29 is 17.9 Å². The predicted octanol–water partition coefficient (Wildman–Crippen LogP) is 2.10. The van der Waals surface area contributed by atoms with E-state index in [-0.39, 0.29) is 0 Å². The summed E-state index contributed by atoms with van der Waals surface area (Å²) < 4.78 is 28.7. The molecule has 0 spiro atoms. The van der Waals surface area contributed by atoms with Crippen molar-refractivity contribution in [1.29, 1.82) is 0 Å². The Bertz CT molecular complexity index is 223. The maximum atomic E-state index is 10.1. The van der Waals surface area contributed by atoms with Crippen LogP contribution >= 0.6 is 7.99 Å². The van der Waals surface area contributed by atoms with E-state index in [1.165, 1.54) is 13.0 Å². The van der Waals surface area contributed by atoms with Crippen molar-refractivity contribution in [2.75, 3.05) is 20.3 Å². The zero-order valence-electron chi connectivity index (χ0n) is 8.23. The van der Waals surface area contributed by atoms with Gasteiger partial charge in [-0.15, -0.1) is 8.39 Å². The molecule has 0 atom stereocenters. The Morgan fingerprint density at radius 3 is 2.29 bits per heavy atom. The Hall–Kier alpha value is -0.610. The summed E-state index contributed by atoms with van der Waals surface area (Å²) in [7, 11) is -3.55. The Morgan fingerprint density at radius 2 is 2.00 bits per heavy atom. The maximum absolute atomic E-state index is 10.1. The molecule has 84 valence electrons. The number of rotatable bonds is 2. The first kappa shape index (κ1) is 13.4. The second kappa shape index (κ2) is 5.98. The highest BCUT2D eigenvalue weighted by molar-refractivity contribution is 7.46. The molecule has 0 aromatic heterocycles. The first-order valence-corrected chi connectivity index (χ1v) is 5.61. The normalized spacial score (nSPS) is 15.5. The van der Waals surface area contributed by atoms with Gasteiger partial charge in [0.25, 0.3) is 0 Å². The van der Waals surface area contributed by atoms with Gasteiger partial charge >= 0.3 is 7.99 Å². The van der Waals surface area contributed by atoms with Crippen molar-refractivity contribution in [3.63, 3.8) is 0 Å². The molecule has 1 N–H and O–H groups in total. The third-order valence-corrected chi connectivity index (χ3v) is 1.45. The zero-order valence-corrected chi connectivity index (χ0v) is 9.12. The highest BCUT2D eigenvalue weighted by Crippen LogP contribution is 2.43. The van der Waals surface area contributed by atoms with Gasteiger partial charge in [-0.05, 0) is 6.42 Å². The van der Waals surface area contributed by atoms with Crippen LogP contribution in [0.5, 0.6) is 0 Å². The van der Waals surface area contributed by atoms with E-state index in [0.717, 1.165) is 6.67 Å². The predicted molar refractivity (Wildman–Crippen MR) is 50.8 cm³/mol. The molecule has 1 heterocycles. The fourth-order valence-corrected chi connectivity index (χ4v) is 1.02. The molecule has 0 aromatic carbocycles. The molecule has 0 amide bonds. The minimum Gasteiger partial charge on any atom is -0.362 e. The van der Waals surface area contributed by atoms with Crippen molar-refractivity contribution in [2.24, 2.45) is 0 Å². The molecule has 1 aliphatic heterocycles. The first-order chi connectivity index (χ1) is 6.33. The summed E-state index contributed by atoms with van der Waals surface area (Å²) in [6, 6.07) is 0. The standard InChI is InChI=1S/C7H14N2.F2HO2P/c1-3-4-9-6-5-8(2)7-9;1-5(2,3)4/h5-6H,3-4,7H2,1-2H3;(H,3,4). The van der Waals surface area contributed by atoms with Gasteiger partial charge in [-0.25, -0.2) is 4.57 Å². The van der Waals surface area contributed by atoms with Gasteiger partial charge < -0.3 is 9.80 Å². The van der Waals surface area contributed by atoms with Crippen LogP contribution in [0.4, 0.5) is 8.39 Å². The molecule has 0 aromatic rings.